The molecule has 3 rings (SSSR count). The molecule has 1 N–H and O–H groups in total. The van der Waals surface area contributed by atoms with Gasteiger partial charge in [-0.05, 0) is 25.7 Å². The topological polar surface area (TPSA) is 50.2 Å². The Bertz CT molecular complexity index is 1310. The van der Waals surface area contributed by atoms with E-state index in [1.165, 1.54) is 32.4 Å². The molecule has 0 saturated carbocycles. The average molecular weight is 796 g/mol. The van der Waals surface area contributed by atoms with E-state index in [2.05, 4.69) is 87.4 Å². The smallest absolute Gasteiger partial charge is 0 e. The summed E-state index contributed by atoms with van der Waals surface area (Å²) in [6.07, 6.45) is 6.95. The van der Waals surface area contributed by atoms with Crippen molar-refractivity contribution in [2.24, 2.45) is 11.8 Å². The van der Waals surface area contributed by atoms with Crippen LogP contribution in [0.4, 0.5) is 0 Å². The van der Waals surface area contributed by atoms with Crippen molar-refractivity contribution in [3.05, 3.63) is 71.6 Å². The largest absolute Gasteiger partial charge is 0 e. The Balaban J connectivity index is 0.000000456. The zero-order valence-corrected chi connectivity index (χ0v) is 31.7. The molecule has 0 atom stereocenters. The number of fused-ring (bicyclic) bond motifs is 1. The SMILES string of the molecule is CCC(CC)C(=O)/C=C(\O)C(CC)CC.Cc1cnc(-c2[c-]c3ccccc3c(C(C)(C)C)c2)c[c]1[Ge]([CH3])([CH3])[CH3].[Ir]. The van der Waals surface area contributed by atoms with Gasteiger partial charge in [0, 0.05) is 38.0 Å². The Morgan fingerprint density at radius 2 is 1.54 bits per heavy atom. The molecule has 0 spiro atoms. The summed E-state index contributed by atoms with van der Waals surface area (Å²) in [5.74, 6) is 7.87. The predicted molar refractivity (Wildman–Crippen MR) is 176 cm³/mol. The number of hydrogen-bond donors (Lipinski definition) is 1. The van der Waals surface area contributed by atoms with Crippen LogP contribution in [-0.2, 0) is 30.3 Å². The molecule has 0 fully saturated rings. The zero-order chi connectivity index (χ0) is 30.3. The van der Waals surface area contributed by atoms with Crippen LogP contribution in [0.5, 0.6) is 0 Å². The van der Waals surface area contributed by atoms with Crippen molar-refractivity contribution in [3.8, 4) is 11.3 Å². The van der Waals surface area contributed by atoms with E-state index in [1.54, 1.807) is 0 Å². The van der Waals surface area contributed by atoms with Crippen LogP contribution >= 0.6 is 0 Å². The van der Waals surface area contributed by atoms with E-state index in [4.69, 9.17) is 4.98 Å². The normalized spacial score (nSPS) is 12.3. The fourth-order valence-corrected chi connectivity index (χ4v) is 9.06. The van der Waals surface area contributed by atoms with E-state index in [0.29, 0.717) is 0 Å². The van der Waals surface area contributed by atoms with Crippen molar-refractivity contribution in [1.29, 1.82) is 0 Å². The van der Waals surface area contributed by atoms with E-state index < -0.39 is 13.3 Å². The Hall–Kier alpha value is -1.75. The van der Waals surface area contributed by atoms with Gasteiger partial charge in [0.05, 0.1) is 5.76 Å². The quantitative estimate of drug-likeness (QED) is 0.102. The van der Waals surface area contributed by atoms with E-state index in [9.17, 15) is 9.90 Å². The standard InChI is InChI=1S/C23H28GeN.C13H24O2.Ir/c1-16-15-25-22(14-21(16)24(5,6)7)18-12-17-10-8-9-11-19(17)20(13-18)23(2,3)4;1-5-10(6-2)12(14)9-13(15)11(7-3)8-4;/h8-11,13-15H,1-7H3;9-11,14H,5-8H2,1-4H3;/q-1;;/b;12-9-;. The summed E-state index contributed by atoms with van der Waals surface area (Å²) in [6.45, 7) is 17.1. The van der Waals surface area contributed by atoms with Gasteiger partial charge in [-0.15, -0.1) is 0 Å². The fraction of sp³-hybridized carbons (Fsp3) is 0.500. The summed E-state index contributed by atoms with van der Waals surface area (Å²) >= 11 is -1.93. The summed E-state index contributed by atoms with van der Waals surface area (Å²) in [6, 6.07) is 16.8. The number of nitrogens with zero attached hydrogens (tertiary/aromatic N) is 1. The minimum absolute atomic E-state index is 0. The van der Waals surface area contributed by atoms with Gasteiger partial charge in [0.25, 0.3) is 0 Å². The molecule has 3 nitrogen and oxygen atoms in total. The van der Waals surface area contributed by atoms with Crippen molar-refractivity contribution in [3.63, 3.8) is 0 Å². The van der Waals surface area contributed by atoms with Gasteiger partial charge in [-0.1, -0.05) is 27.7 Å². The van der Waals surface area contributed by atoms with Gasteiger partial charge in [0.1, 0.15) is 0 Å². The molecule has 3 aromatic rings. The maximum Gasteiger partial charge on any atom is 0 e. The van der Waals surface area contributed by atoms with Crippen molar-refractivity contribution >= 4 is 34.2 Å². The molecule has 1 heterocycles. The second-order valence-corrected chi connectivity index (χ2v) is 23.6. The van der Waals surface area contributed by atoms with Gasteiger partial charge >= 0.3 is 155 Å². The minimum atomic E-state index is -1.93. The maximum atomic E-state index is 11.7. The summed E-state index contributed by atoms with van der Waals surface area (Å²) < 4.78 is 1.53. The Kier molecular flexibility index (Phi) is 14.7. The van der Waals surface area contributed by atoms with Crippen molar-refractivity contribution in [1.82, 2.24) is 4.98 Å². The molecule has 1 radical (unpaired) electrons. The Morgan fingerprint density at radius 3 is 2.05 bits per heavy atom. The Morgan fingerprint density at radius 1 is 0.976 bits per heavy atom. The molecule has 0 bridgehead atoms. The van der Waals surface area contributed by atoms with Gasteiger partial charge in [-0.3, -0.25) is 4.79 Å². The van der Waals surface area contributed by atoms with Crippen LogP contribution in [0.2, 0.25) is 17.3 Å². The number of allylic oxidation sites excluding steroid dienone is 2. The molecular weight excluding hydrogens is 743 g/mol. The number of hydrogen-bond acceptors (Lipinski definition) is 3. The Labute approximate surface area is 266 Å². The van der Waals surface area contributed by atoms with Crippen LogP contribution in [0.3, 0.4) is 0 Å². The first kappa shape index (κ1) is 37.3. The van der Waals surface area contributed by atoms with Crippen LogP contribution < -0.4 is 4.40 Å². The van der Waals surface area contributed by atoms with Crippen LogP contribution in [0.1, 0.15) is 85.3 Å². The summed E-state index contributed by atoms with van der Waals surface area (Å²) in [5.41, 5.74) is 4.93. The van der Waals surface area contributed by atoms with Gasteiger partial charge < -0.3 is 5.11 Å². The molecule has 0 aliphatic rings. The first-order chi connectivity index (χ1) is 18.7. The van der Waals surface area contributed by atoms with Crippen molar-refractivity contribution < 1.29 is 30.0 Å². The number of aliphatic hydroxyl groups is 1. The molecule has 0 aliphatic carbocycles. The van der Waals surface area contributed by atoms with E-state index in [1.807, 2.05) is 33.9 Å². The first-order valence-electron chi connectivity index (χ1n) is 15.0. The summed E-state index contributed by atoms with van der Waals surface area (Å²) in [7, 11) is 0. The van der Waals surface area contributed by atoms with Gasteiger partial charge in [0.2, 0.25) is 0 Å². The number of carbonyl (C=O) groups is 1. The van der Waals surface area contributed by atoms with Crippen LogP contribution in [0.15, 0.2) is 54.4 Å². The molecule has 0 amide bonds. The second kappa shape index (κ2) is 16.2. The van der Waals surface area contributed by atoms with E-state index in [0.717, 1.165) is 36.9 Å². The number of carbonyl (C=O) groups excluding carboxylic acids is 1. The number of benzene rings is 2. The van der Waals surface area contributed by atoms with Crippen LogP contribution in [0.25, 0.3) is 22.0 Å². The number of aliphatic hydroxyl groups excluding tert-OH is 1. The van der Waals surface area contributed by atoms with Crippen LogP contribution in [0, 0.1) is 24.8 Å². The van der Waals surface area contributed by atoms with Gasteiger partial charge in [0.15, 0.2) is 5.78 Å². The monoisotopic (exact) mass is 797 g/mol. The first-order valence-corrected chi connectivity index (χ1v) is 22.4. The second-order valence-electron chi connectivity index (χ2n) is 13.0. The number of aryl methyl sites for hydroxylation is 1. The maximum absolute atomic E-state index is 11.7. The van der Waals surface area contributed by atoms with Crippen molar-refractivity contribution in [2.45, 2.75) is 104 Å². The molecule has 2 aromatic carbocycles. The minimum Gasteiger partial charge on any atom is 0 e. The molecule has 227 valence electrons. The van der Waals surface area contributed by atoms with Gasteiger partial charge in [-0.2, -0.15) is 0 Å². The third-order valence-electron chi connectivity index (χ3n) is 7.85. The molecule has 41 heavy (non-hydrogen) atoms. The van der Waals surface area contributed by atoms with E-state index in [-0.39, 0.29) is 48.9 Å². The molecule has 0 unspecified atom stereocenters. The number of pyridine rings is 1. The third kappa shape index (κ3) is 10.2. The van der Waals surface area contributed by atoms with Crippen LogP contribution in [-0.4, -0.2) is 29.1 Å². The summed E-state index contributed by atoms with van der Waals surface area (Å²) in [5, 5.41) is 12.2. The number of ketones is 1. The number of aromatic nitrogens is 1. The number of rotatable bonds is 9. The molecular formula is C36H52GeIrNO2-. The van der Waals surface area contributed by atoms with E-state index >= 15 is 0 Å². The van der Waals surface area contributed by atoms with Gasteiger partial charge in [-0.25, -0.2) is 0 Å². The molecule has 0 saturated heterocycles. The molecule has 1 aromatic heterocycles. The third-order valence-corrected chi connectivity index (χ3v) is 12.4. The van der Waals surface area contributed by atoms with Crippen molar-refractivity contribution in [2.75, 3.05) is 0 Å². The molecule has 5 heteroatoms. The fourth-order valence-electron chi connectivity index (χ4n) is 5.25. The molecule has 0 aliphatic heterocycles. The predicted octanol–water partition coefficient (Wildman–Crippen LogP) is 9.72. The zero-order valence-electron chi connectivity index (χ0n) is 27.2. The summed E-state index contributed by atoms with van der Waals surface area (Å²) in [4.78, 5) is 16.5. The average Bonchev–Trinajstić information content (AvgIpc) is 2.89.